The fourth-order valence-corrected chi connectivity index (χ4v) is 7.71. The number of carbonyl (C=O) groups is 2. The van der Waals surface area contributed by atoms with Crippen LogP contribution < -0.4 is 5.11 Å². The third kappa shape index (κ3) is 47.6. The highest BCUT2D eigenvalue weighted by Crippen LogP contribution is 2.17. The fourth-order valence-electron chi connectivity index (χ4n) is 7.71. The van der Waals surface area contributed by atoms with Gasteiger partial charge in [-0.15, -0.1) is 0 Å². The van der Waals surface area contributed by atoms with E-state index in [1.807, 2.05) is 21.1 Å². The molecule has 2 atom stereocenters. The van der Waals surface area contributed by atoms with Gasteiger partial charge in [-0.05, 0) is 32.1 Å². The Labute approximate surface area is 372 Å². The largest absolute Gasteiger partial charge is 0.545 e. The molecule has 0 aromatic carbocycles. The number of carboxylic acids is 1. The lowest BCUT2D eigenvalue weighted by Gasteiger charge is -2.26. The molecule has 0 aliphatic rings. The first-order valence-electron chi connectivity index (χ1n) is 25.9. The zero-order valence-electron chi connectivity index (χ0n) is 40.4. The number of unbranched alkanes of at least 4 members (excludes halogenated alkanes) is 35. The van der Waals surface area contributed by atoms with Gasteiger partial charge in [-0.3, -0.25) is 4.79 Å². The molecule has 0 amide bonds. The Balaban J connectivity index is 3.31. The molecule has 0 spiro atoms. The molecule has 0 heterocycles. The molecule has 1 N–H and O–H groups in total. The minimum atomic E-state index is -1.57. The molecular formula is C52H101NO7. The van der Waals surface area contributed by atoms with E-state index >= 15 is 0 Å². The third-order valence-corrected chi connectivity index (χ3v) is 11.7. The second-order valence-corrected chi connectivity index (χ2v) is 19.0. The van der Waals surface area contributed by atoms with Crippen LogP contribution in [0.4, 0.5) is 0 Å². The van der Waals surface area contributed by atoms with Gasteiger partial charge in [-0.25, -0.2) is 0 Å². The van der Waals surface area contributed by atoms with Gasteiger partial charge < -0.3 is 33.7 Å². The summed E-state index contributed by atoms with van der Waals surface area (Å²) in [5, 5.41) is 21.2. The zero-order valence-corrected chi connectivity index (χ0v) is 40.4. The van der Waals surface area contributed by atoms with Gasteiger partial charge in [0.15, 0.2) is 6.29 Å². The van der Waals surface area contributed by atoms with Crippen molar-refractivity contribution >= 4 is 11.9 Å². The van der Waals surface area contributed by atoms with Crippen LogP contribution in [0.5, 0.6) is 0 Å². The number of ether oxygens (including phenoxy) is 3. The molecule has 0 aromatic heterocycles. The lowest BCUT2D eigenvalue weighted by molar-refractivity contribution is -0.870. The number of carboxylic acid groups (broad SMARTS) is 1. The summed E-state index contributed by atoms with van der Waals surface area (Å²) in [6, 6.07) is 0. The topological polar surface area (TPSA) is 105 Å². The molecule has 0 fully saturated rings. The summed E-state index contributed by atoms with van der Waals surface area (Å²) in [5.74, 6) is -1.86. The minimum Gasteiger partial charge on any atom is -0.545 e. The Morgan fingerprint density at radius 3 is 1.17 bits per heavy atom. The summed E-state index contributed by atoms with van der Waals surface area (Å²) in [7, 11) is 5.88. The maximum absolute atomic E-state index is 12.0. The van der Waals surface area contributed by atoms with Gasteiger partial charge in [-0.2, -0.15) is 0 Å². The van der Waals surface area contributed by atoms with Crippen LogP contribution in [0.15, 0.2) is 12.2 Å². The fraction of sp³-hybridized carbons (Fsp3) is 0.923. The lowest BCUT2D eigenvalue weighted by atomic mass is 10.0. The van der Waals surface area contributed by atoms with Crippen molar-refractivity contribution in [3.8, 4) is 0 Å². The Morgan fingerprint density at radius 2 is 0.833 bits per heavy atom. The monoisotopic (exact) mass is 852 g/mol. The van der Waals surface area contributed by atoms with Crippen LogP contribution in [0, 0.1) is 0 Å². The van der Waals surface area contributed by atoms with E-state index in [9.17, 15) is 19.8 Å². The summed E-state index contributed by atoms with van der Waals surface area (Å²) in [6.45, 7) is 2.49. The molecule has 0 rings (SSSR count). The number of hydrogen-bond donors (Lipinski definition) is 1. The number of quaternary nitrogens is 1. The lowest BCUT2D eigenvalue weighted by Crippen LogP contribution is -2.44. The standard InChI is InChI=1S/C52H101NO7/c1-5-6-7-8-9-10-11-12-13-14-15-16-17-18-19-20-21-22-23-24-25-26-27-28-29-30-31-32-33-34-35-36-37-38-39-40-41-42-43-44-50(55)59-47-49(54)48-60-52(51(56)57)58-46-45-53(2,3)4/h14-15,49,52,54H,5-13,16-48H2,1-4H3/b15-14-. The van der Waals surface area contributed by atoms with E-state index in [2.05, 4.69) is 19.1 Å². The van der Waals surface area contributed by atoms with Gasteiger partial charge in [0.25, 0.3) is 0 Å². The summed E-state index contributed by atoms with van der Waals surface area (Å²) >= 11 is 0. The van der Waals surface area contributed by atoms with E-state index in [4.69, 9.17) is 14.2 Å². The molecule has 8 nitrogen and oxygen atoms in total. The number of aliphatic carboxylic acids is 1. The minimum absolute atomic E-state index is 0.173. The SMILES string of the molecule is CCCCCCCCCC/C=C\CCCCCCCCCCCCCCCCCCCCCCCCCCCCCC(=O)OCC(O)COC(OCC[N+](C)(C)C)C(=O)[O-]. The van der Waals surface area contributed by atoms with E-state index in [0.29, 0.717) is 17.4 Å². The molecular weight excluding hydrogens is 751 g/mol. The zero-order chi connectivity index (χ0) is 44.0. The van der Waals surface area contributed by atoms with Gasteiger partial charge in [0.05, 0.1) is 40.3 Å². The first-order chi connectivity index (χ1) is 29.2. The average molecular weight is 852 g/mol. The number of likely N-dealkylation sites (N-methyl/N-ethyl adjacent to an activating group) is 1. The molecule has 0 aliphatic carbocycles. The van der Waals surface area contributed by atoms with Gasteiger partial charge in [0.2, 0.25) is 0 Å². The maximum Gasteiger partial charge on any atom is 0.305 e. The molecule has 0 aromatic rings. The first-order valence-corrected chi connectivity index (χ1v) is 25.9. The number of aliphatic hydroxyl groups is 1. The smallest absolute Gasteiger partial charge is 0.305 e. The number of nitrogens with zero attached hydrogens (tertiary/aromatic N) is 1. The van der Waals surface area contributed by atoms with Crippen LogP contribution in [0.3, 0.4) is 0 Å². The van der Waals surface area contributed by atoms with E-state index in [1.165, 1.54) is 218 Å². The normalized spacial score (nSPS) is 13.0. The Morgan fingerprint density at radius 1 is 0.500 bits per heavy atom. The van der Waals surface area contributed by atoms with Crippen molar-refractivity contribution in [3.05, 3.63) is 12.2 Å². The van der Waals surface area contributed by atoms with E-state index < -0.39 is 18.4 Å². The molecule has 0 radical (unpaired) electrons. The number of hydrogen-bond acceptors (Lipinski definition) is 7. The summed E-state index contributed by atoms with van der Waals surface area (Å²) < 4.78 is 16.1. The van der Waals surface area contributed by atoms with Crippen molar-refractivity contribution in [1.82, 2.24) is 0 Å². The highest BCUT2D eigenvalue weighted by molar-refractivity contribution is 5.69. The van der Waals surface area contributed by atoms with E-state index in [1.54, 1.807) is 0 Å². The van der Waals surface area contributed by atoms with Gasteiger partial charge in [-0.1, -0.05) is 225 Å². The average Bonchev–Trinajstić information content (AvgIpc) is 3.21. The van der Waals surface area contributed by atoms with Crippen LogP contribution in [0.1, 0.15) is 251 Å². The predicted octanol–water partition coefficient (Wildman–Crippen LogP) is 13.1. The van der Waals surface area contributed by atoms with Crippen LogP contribution in [-0.4, -0.2) is 81.4 Å². The molecule has 0 aliphatic heterocycles. The van der Waals surface area contributed by atoms with Gasteiger partial charge in [0.1, 0.15) is 19.3 Å². The molecule has 356 valence electrons. The van der Waals surface area contributed by atoms with Crippen LogP contribution in [0.2, 0.25) is 0 Å². The predicted molar refractivity (Wildman–Crippen MR) is 251 cm³/mol. The molecule has 60 heavy (non-hydrogen) atoms. The molecule has 0 bridgehead atoms. The quantitative estimate of drug-likeness (QED) is 0.0214. The van der Waals surface area contributed by atoms with Gasteiger partial charge >= 0.3 is 5.97 Å². The van der Waals surface area contributed by atoms with Crippen molar-refractivity contribution in [2.45, 2.75) is 263 Å². The highest BCUT2D eigenvalue weighted by Gasteiger charge is 2.17. The van der Waals surface area contributed by atoms with Crippen LogP contribution >= 0.6 is 0 Å². The first kappa shape index (κ1) is 58.5. The molecule has 0 saturated heterocycles. The molecule has 2 unspecified atom stereocenters. The third-order valence-electron chi connectivity index (χ3n) is 11.7. The maximum atomic E-state index is 12.0. The van der Waals surface area contributed by atoms with Crippen LogP contribution in [-0.2, 0) is 23.8 Å². The van der Waals surface area contributed by atoms with Crippen molar-refractivity contribution < 1.29 is 38.5 Å². The highest BCUT2D eigenvalue weighted by atomic mass is 16.7. The number of aliphatic hydroxyl groups excluding tert-OH is 1. The molecule has 0 saturated carbocycles. The summed E-state index contributed by atoms with van der Waals surface area (Å²) in [5.41, 5.74) is 0. The van der Waals surface area contributed by atoms with E-state index in [0.717, 1.165) is 19.3 Å². The Hall–Kier alpha value is -1.48. The van der Waals surface area contributed by atoms with Crippen molar-refractivity contribution in [1.29, 1.82) is 0 Å². The summed E-state index contributed by atoms with van der Waals surface area (Å²) in [6.07, 6.45) is 53.0. The Kier molecular flexibility index (Phi) is 44.4. The summed E-state index contributed by atoms with van der Waals surface area (Å²) in [4.78, 5) is 23.2. The second-order valence-electron chi connectivity index (χ2n) is 19.0. The number of carbonyl (C=O) groups excluding carboxylic acids is 2. The second kappa shape index (κ2) is 45.5. The molecule has 8 heteroatoms. The van der Waals surface area contributed by atoms with Crippen LogP contribution in [0.25, 0.3) is 0 Å². The van der Waals surface area contributed by atoms with Crippen molar-refractivity contribution in [3.63, 3.8) is 0 Å². The number of rotatable bonds is 49. The van der Waals surface area contributed by atoms with Gasteiger partial charge in [0, 0.05) is 6.42 Å². The van der Waals surface area contributed by atoms with Crippen molar-refractivity contribution in [2.75, 3.05) is 47.5 Å². The van der Waals surface area contributed by atoms with E-state index in [-0.39, 0.29) is 25.8 Å². The number of esters is 1. The number of allylic oxidation sites excluding steroid dienone is 2. The Bertz CT molecular complexity index is 936. The van der Waals surface area contributed by atoms with Crippen molar-refractivity contribution in [2.24, 2.45) is 0 Å².